The van der Waals surface area contributed by atoms with E-state index in [1.54, 1.807) is 31.2 Å². The lowest BCUT2D eigenvalue weighted by Crippen LogP contribution is -2.11. The molecule has 0 spiro atoms. The van der Waals surface area contributed by atoms with Gasteiger partial charge in [-0.1, -0.05) is 17.0 Å². The maximum atomic E-state index is 11.9. The van der Waals surface area contributed by atoms with Crippen molar-refractivity contribution < 1.29 is 14.4 Å². The van der Waals surface area contributed by atoms with Crippen molar-refractivity contribution in [3.8, 4) is 11.8 Å². The highest BCUT2D eigenvalue weighted by Gasteiger charge is 2.12. The molecule has 2 aromatic rings. The number of carbonyl (C=O) groups is 1. The molecule has 0 aliphatic rings. The summed E-state index contributed by atoms with van der Waals surface area (Å²) < 4.78 is 4.83. The summed E-state index contributed by atoms with van der Waals surface area (Å²) in [7, 11) is 0. The summed E-state index contributed by atoms with van der Waals surface area (Å²) in [4.78, 5) is 11.9. The lowest BCUT2D eigenvalue weighted by atomic mass is 10.2. The van der Waals surface area contributed by atoms with Crippen LogP contribution < -0.4 is 5.32 Å². The minimum atomic E-state index is -0.270. The number of benzene rings is 1. The lowest BCUT2D eigenvalue weighted by Gasteiger charge is -2.03. The second kappa shape index (κ2) is 5.85. The van der Waals surface area contributed by atoms with E-state index in [4.69, 9.17) is 9.63 Å². The topological polar surface area (TPSA) is 75.4 Å². The summed E-state index contributed by atoms with van der Waals surface area (Å²) in [5.74, 6) is 5.53. The number of anilines is 1. The van der Waals surface area contributed by atoms with Crippen LogP contribution >= 0.6 is 0 Å². The van der Waals surface area contributed by atoms with E-state index in [1.165, 1.54) is 6.20 Å². The van der Waals surface area contributed by atoms with Crippen LogP contribution in [0.3, 0.4) is 0 Å². The molecule has 2 N–H and O–H groups in total. The van der Waals surface area contributed by atoms with Crippen molar-refractivity contribution in [2.24, 2.45) is 0 Å². The van der Waals surface area contributed by atoms with Gasteiger partial charge in [-0.25, -0.2) is 0 Å². The van der Waals surface area contributed by atoms with Crippen LogP contribution in [0.4, 0.5) is 5.69 Å². The van der Waals surface area contributed by atoms with E-state index in [0.29, 0.717) is 17.0 Å². The fraction of sp³-hybridized carbons (Fsp3) is 0.143. The monoisotopic (exact) mass is 256 g/mol. The largest absolute Gasteiger partial charge is 0.384 e. The Bertz CT molecular complexity index is 633. The molecular weight excluding hydrogens is 244 g/mol. The fourth-order valence-corrected chi connectivity index (χ4v) is 1.49. The van der Waals surface area contributed by atoms with E-state index >= 15 is 0 Å². The number of amides is 1. The smallest absolute Gasteiger partial charge is 0.260 e. The number of rotatable bonds is 2. The van der Waals surface area contributed by atoms with E-state index in [9.17, 15) is 4.79 Å². The van der Waals surface area contributed by atoms with Crippen LogP contribution in [0.5, 0.6) is 0 Å². The molecule has 0 aliphatic heterocycles. The molecule has 0 saturated heterocycles. The number of carbonyl (C=O) groups excluding carboxylic acids is 1. The van der Waals surface area contributed by atoms with Crippen LogP contribution in [0.15, 0.2) is 35.0 Å². The maximum Gasteiger partial charge on any atom is 0.260 e. The van der Waals surface area contributed by atoms with Gasteiger partial charge in [-0.05, 0) is 31.2 Å². The van der Waals surface area contributed by atoms with Crippen molar-refractivity contribution >= 4 is 11.6 Å². The Balaban J connectivity index is 2.08. The van der Waals surface area contributed by atoms with Crippen molar-refractivity contribution in [2.75, 3.05) is 11.9 Å². The third kappa shape index (κ3) is 3.21. The molecule has 5 heteroatoms. The van der Waals surface area contributed by atoms with Crippen LogP contribution in [0.25, 0.3) is 0 Å². The third-order valence-electron chi connectivity index (χ3n) is 2.45. The summed E-state index contributed by atoms with van der Waals surface area (Å²) >= 11 is 0. The Labute approximate surface area is 110 Å². The average molecular weight is 256 g/mol. The van der Waals surface area contributed by atoms with Gasteiger partial charge in [-0.3, -0.25) is 4.79 Å². The molecule has 0 aliphatic carbocycles. The Morgan fingerprint density at radius 2 is 2.16 bits per heavy atom. The molecule has 0 fully saturated rings. The Kier molecular flexibility index (Phi) is 3.96. The average Bonchev–Trinajstić information content (AvgIpc) is 2.84. The molecule has 1 aromatic heterocycles. The molecular formula is C14H12N2O3. The molecule has 1 amide bonds. The molecule has 5 nitrogen and oxygen atoms in total. The second-order valence-corrected chi connectivity index (χ2v) is 3.79. The SMILES string of the molecule is Cc1oncc1C(=O)Nc1ccc(C#CCO)cc1. The molecule has 0 unspecified atom stereocenters. The molecule has 1 heterocycles. The first kappa shape index (κ1) is 12.9. The standard InChI is InChI=1S/C14H12N2O3/c1-10-13(9-15-19-10)14(18)16-12-6-4-11(5-7-12)3-2-8-17/h4-7,9,17H,8H2,1H3,(H,16,18). The predicted octanol–water partition coefficient (Wildman–Crippen LogP) is 1.58. The second-order valence-electron chi connectivity index (χ2n) is 3.79. The van der Waals surface area contributed by atoms with E-state index < -0.39 is 0 Å². The van der Waals surface area contributed by atoms with Gasteiger partial charge in [0.05, 0.1) is 6.20 Å². The Morgan fingerprint density at radius 1 is 1.42 bits per heavy atom. The van der Waals surface area contributed by atoms with Gasteiger partial charge < -0.3 is 14.9 Å². The zero-order valence-electron chi connectivity index (χ0n) is 10.3. The number of nitrogens with zero attached hydrogens (tertiary/aromatic N) is 1. The molecule has 1 aromatic carbocycles. The van der Waals surface area contributed by atoms with Gasteiger partial charge in [0, 0.05) is 11.3 Å². The minimum absolute atomic E-state index is 0.175. The van der Waals surface area contributed by atoms with Crippen molar-refractivity contribution in [3.63, 3.8) is 0 Å². The highest BCUT2D eigenvalue weighted by molar-refractivity contribution is 6.04. The summed E-state index contributed by atoms with van der Waals surface area (Å²) in [6.07, 6.45) is 1.38. The highest BCUT2D eigenvalue weighted by atomic mass is 16.5. The predicted molar refractivity (Wildman–Crippen MR) is 69.6 cm³/mol. The molecule has 0 saturated carbocycles. The first-order valence-electron chi connectivity index (χ1n) is 5.63. The molecule has 96 valence electrons. The first-order chi connectivity index (χ1) is 9.20. The zero-order valence-corrected chi connectivity index (χ0v) is 10.3. The summed E-state index contributed by atoms with van der Waals surface area (Å²) in [6.45, 7) is 1.50. The van der Waals surface area contributed by atoms with Gasteiger partial charge in [-0.15, -0.1) is 0 Å². The highest BCUT2D eigenvalue weighted by Crippen LogP contribution is 2.12. The van der Waals surface area contributed by atoms with Crippen molar-refractivity contribution in [1.82, 2.24) is 5.16 Å². The summed E-state index contributed by atoms with van der Waals surface area (Å²) in [5, 5.41) is 14.9. The van der Waals surface area contributed by atoms with Crippen molar-refractivity contribution in [2.45, 2.75) is 6.92 Å². The van der Waals surface area contributed by atoms with Gasteiger partial charge in [0.1, 0.15) is 17.9 Å². The van der Waals surface area contributed by atoms with Crippen LogP contribution in [0.2, 0.25) is 0 Å². The minimum Gasteiger partial charge on any atom is -0.384 e. The number of aliphatic hydroxyl groups is 1. The van der Waals surface area contributed by atoms with Crippen molar-refractivity contribution in [3.05, 3.63) is 47.3 Å². The first-order valence-corrected chi connectivity index (χ1v) is 5.63. The van der Waals surface area contributed by atoms with Gasteiger partial charge in [0.15, 0.2) is 0 Å². The molecule has 19 heavy (non-hydrogen) atoms. The number of hydrogen-bond acceptors (Lipinski definition) is 4. The van der Waals surface area contributed by atoms with Gasteiger partial charge in [0.2, 0.25) is 0 Å². The van der Waals surface area contributed by atoms with Gasteiger partial charge in [-0.2, -0.15) is 0 Å². The number of aromatic nitrogens is 1. The number of nitrogens with one attached hydrogen (secondary N) is 1. The zero-order chi connectivity index (χ0) is 13.7. The van der Waals surface area contributed by atoms with Gasteiger partial charge in [0.25, 0.3) is 5.91 Å². The molecule has 0 bridgehead atoms. The van der Waals surface area contributed by atoms with E-state index in [2.05, 4.69) is 22.3 Å². The fourth-order valence-electron chi connectivity index (χ4n) is 1.49. The van der Waals surface area contributed by atoms with E-state index in [-0.39, 0.29) is 12.5 Å². The normalized spacial score (nSPS) is 9.58. The van der Waals surface area contributed by atoms with Crippen LogP contribution in [0.1, 0.15) is 21.7 Å². The van der Waals surface area contributed by atoms with E-state index in [1.807, 2.05) is 0 Å². The Hall–Kier alpha value is -2.58. The van der Waals surface area contributed by atoms with Crippen LogP contribution in [-0.2, 0) is 0 Å². The quantitative estimate of drug-likeness (QED) is 0.800. The van der Waals surface area contributed by atoms with Gasteiger partial charge >= 0.3 is 0 Å². The van der Waals surface area contributed by atoms with Crippen molar-refractivity contribution in [1.29, 1.82) is 0 Å². The Morgan fingerprint density at radius 3 is 2.74 bits per heavy atom. The summed E-state index contributed by atoms with van der Waals surface area (Å²) in [6, 6.07) is 7.00. The van der Waals surface area contributed by atoms with Crippen LogP contribution in [-0.4, -0.2) is 22.8 Å². The van der Waals surface area contributed by atoms with Crippen LogP contribution in [0, 0.1) is 18.8 Å². The molecule has 2 rings (SSSR count). The maximum absolute atomic E-state index is 11.9. The summed E-state index contributed by atoms with van der Waals surface area (Å²) in [5.41, 5.74) is 1.83. The third-order valence-corrected chi connectivity index (χ3v) is 2.45. The molecule has 0 radical (unpaired) electrons. The number of aryl methyl sites for hydroxylation is 1. The molecule has 0 atom stereocenters. The number of aliphatic hydroxyl groups excluding tert-OH is 1. The lowest BCUT2D eigenvalue weighted by molar-refractivity contribution is 0.102. The van der Waals surface area contributed by atoms with E-state index in [0.717, 1.165) is 5.56 Å². The number of hydrogen-bond donors (Lipinski definition) is 2.